The predicted molar refractivity (Wildman–Crippen MR) is 75.4 cm³/mol. The number of carbonyl (C=O) groups excluding carboxylic acids is 1. The molecule has 17 heavy (non-hydrogen) atoms. The fourth-order valence-corrected chi connectivity index (χ4v) is 2.99. The lowest BCUT2D eigenvalue weighted by molar-refractivity contribution is -0.120. The zero-order chi connectivity index (χ0) is 12.7. The molecule has 2 N–H and O–H groups in total. The minimum Gasteiger partial charge on any atom is -0.355 e. The van der Waals surface area contributed by atoms with E-state index in [9.17, 15) is 4.79 Å². The molecular weight excluding hydrogens is 232 g/mol. The van der Waals surface area contributed by atoms with E-state index >= 15 is 0 Å². The average molecular weight is 258 g/mol. The Hall–Kier alpha value is -0.220. The second-order valence-corrected chi connectivity index (χ2v) is 6.44. The van der Waals surface area contributed by atoms with Crippen LogP contribution in [0.5, 0.6) is 0 Å². The number of rotatable bonds is 6. The zero-order valence-corrected chi connectivity index (χ0v) is 12.1. The third kappa shape index (κ3) is 6.32. The summed E-state index contributed by atoms with van der Waals surface area (Å²) in [6, 6.07) is 0.533. The molecule has 0 aromatic heterocycles. The summed E-state index contributed by atoms with van der Waals surface area (Å²) in [5.74, 6) is 0.652. The van der Waals surface area contributed by atoms with Gasteiger partial charge in [0, 0.05) is 17.8 Å². The van der Waals surface area contributed by atoms with Crippen molar-refractivity contribution in [3.05, 3.63) is 0 Å². The van der Waals surface area contributed by atoms with E-state index in [0.717, 1.165) is 11.8 Å². The Bertz CT molecular complexity index is 233. The van der Waals surface area contributed by atoms with Crippen LogP contribution in [0.25, 0.3) is 0 Å². The first-order chi connectivity index (χ1) is 8.11. The molecule has 1 amide bonds. The van der Waals surface area contributed by atoms with Gasteiger partial charge in [-0.15, -0.1) is 0 Å². The van der Waals surface area contributed by atoms with Crippen LogP contribution in [0, 0.1) is 5.92 Å². The van der Waals surface area contributed by atoms with Gasteiger partial charge in [0.2, 0.25) is 5.91 Å². The Balaban J connectivity index is 2.14. The van der Waals surface area contributed by atoms with Crippen LogP contribution >= 0.6 is 11.8 Å². The van der Waals surface area contributed by atoms with Crippen LogP contribution in [-0.2, 0) is 4.79 Å². The highest BCUT2D eigenvalue weighted by atomic mass is 32.2. The van der Waals surface area contributed by atoms with E-state index in [2.05, 4.69) is 30.7 Å². The van der Waals surface area contributed by atoms with Crippen molar-refractivity contribution in [1.29, 1.82) is 0 Å². The normalized spacial score (nSPS) is 24.9. The first kappa shape index (κ1) is 14.8. The van der Waals surface area contributed by atoms with Gasteiger partial charge in [0.15, 0.2) is 0 Å². The number of amides is 1. The molecule has 1 saturated carbocycles. The SMILES string of the molecule is CSC1CCCC(NCC(=O)NCC(C)C)C1. The lowest BCUT2D eigenvalue weighted by Crippen LogP contribution is -2.42. The zero-order valence-electron chi connectivity index (χ0n) is 11.3. The third-order valence-electron chi connectivity index (χ3n) is 3.22. The van der Waals surface area contributed by atoms with Gasteiger partial charge in [0.05, 0.1) is 6.54 Å². The van der Waals surface area contributed by atoms with Gasteiger partial charge in [0.1, 0.15) is 0 Å². The topological polar surface area (TPSA) is 41.1 Å². The van der Waals surface area contributed by atoms with Gasteiger partial charge in [-0.3, -0.25) is 4.79 Å². The predicted octanol–water partition coefficient (Wildman–Crippen LogP) is 2.02. The molecule has 2 unspecified atom stereocenters. The van der Waals surface area contributed by atoms with E-state index in [-0.39, 0.29) is 5.91 Å². The molecule has 0 bridgehead atoms. The third-order valence-corrected chi connectivity index (χ3v) is 4.31. The first-order valence-corrected chi connectivity index (χ1v) is 7.93. The van der Waals surface area contributed by atoms with Crippen LogP contribution in [-0.4, -0.2) is 36.5 Å². The van der Waals surface area contributed by atoms with E-state index in [1.54, 1.807) is 0 Å². The van der Waals surface area contributed by atoms with E-state index in [0.29, 0.717) is 18.5 Å². The van der Waals surface area contributed by atoms with Gasteiger partial charge < -0.3 is 10.6 Å². The van der Waals surface area contributed by atoms with Crippen molar-refractivity contribution in [2.75, 3.05) is 19.3 Å². The van der Waals surface area contributed by atoms with Crippen LogP contribution in [0.4, 0.5) is 0 Å². The molecular formula is C13H26N2OS. The van der Waals surface area contributed by atoms with Crippen LogP contribution in [0.2, 0.25) is 0 Å². The highest BCUT2D eigenvalue weighted by Gasteiger charge is 2.21. The lowest BCUT2D eigenvalue weighted by atomic mass is 9.95. The van der Waals surface area contributed by atoms with Crippen molar-refractivity contribution in [2.24, 2.45) is 5.92 Å². The fourth-order valence-electron chi connectivity index (χ4n) is 2.16. The molecule has 4 heteroatoms. The molecule has 0 aromatic rings. The second-order valence-electron chi connectivity index (χ2n) is 5.30. The maximum atomic E-state index is 11.6. The molecule has 0 aromatic carbocycles. The number of hydrogen-bond acceptors (Lipinski definition) is 3. The molecule has 1 rings (SSSR count). The number of carbonyl (C=O) groups is 1. The molecule has 0 saturated heterocycles. The highest BCUT2D eigenvalue weighted by Crippen LogP contribution is 2.26. The van der Waals surface area contributed by atoms with Crippen molar-refractivity contribution in [3.8, 4) is 0 Å². The van der Waals surface area contributed by atoms with Crippen molar-refractivity contribution >= 4 is 17.7 Å². The summed E-state index contributed by atoms with van der Waals surface area (Å²) in [6.07, 6.45) is 7.23. The number of thioether (sulfide) groups is 1. The molecule has 3 nitrogen and oxygen atoms in total. The van der Waals surface area contributed by atoms with Gasteiger partial charge in [-0.05, 0) is 31.4 Å². The highest BCUT2D eigenvalue weighted by molar-refractivity contribution is 7.99. The standard InChI is InChI=1S/C13H26N2OS/c1-10(2)8-15-13(16)9-14-11-5-4-6-12(7-11)17-3/h10-12,14H,4-9H2,1-3H3,(H,15,16). The van der Waals surface area contributed by atoms with Gasteiger partial charge >= 0.3 is 0 Å². The Labute approximate surface area is 109 Å². The molecule has 0 aliphatic heterocycles. The Kier molecular flexibility index (Phi) is 6.97. The summed E-state index contributed by atoms with van der Waals surface area (Å²) in [4.78, 5) is 11.6. The van der Waals surface area contributed by atoms with Crippen molar-refractivity contribution in [1.82, 2.24) is 10.6 Å². The lowest BCUT2D eigenvalue weighted by Gasteiger charge is -2.28. The molecule has 1 aliphatic rings. The largest absolute Gasteiger partial charge is 0.355 e. The smallest absolute Gasteiger partial charge is 0.233 e. The quantitative estimate of drug-likeness (QED) is 0.766. The Morgan fingerprint density at radius 1 is 1.41 bits per heavy atom. The summed E-state index contributed by atoms with van der Waals surface area (Å²) < 4.78 is 0. The van der Waals surface area contributed by atoms with E-state index in [1.807, 2.05) is 11.8 Å². The van der Waals surface area contributed by atoms with E-state index in [1.165, 1.54) is 25.7 Å². The van der Waals surface area contributed by atoms with E-state index < -0.39 is 0 Å². The summed E-state index contributed by atoms with van der Waals surface area (Å²) in [5, 5.41) is 7.10. The van der Waals surface area contributed by atoms with Crippen molar-refractivity contribution in [3.63, 3.8) is 0 Å². The van der Waals surface area contributed by atoms with E-state index in [4.69, 9.17) is 0 Å². The minimum absolute atomic E-state index is 0.130. The van der Waals surface area contributed by atoms with Gasteiger partial charge in [-0.25, -0.2) is 0 Å². The van der Waals surface area contributed by atoms with Gasteiger partial charge in [-0.2, -0.15) is 11.8 Å². The van der Waals surface area contributed by atoms with Crippen LogP contribution in [0.3, 0.4) is 0 Å². The monoisotopic (exact) mass is 258 g/mol. The molecule has 0 heterocycles. The maximum absolute atomic E-state index is 11.6. The minimum atomic E-state index is 0.130. The van der Waals surface area contributed by atoms with Crippen molar-refractivity contribution in [2.45, 2.75) is 50.8 Å². The summed E-state index contributed by atoms with van der Waals surface area (Å²) >= 11 is 1.96. The van der Waals surface area contributed by atoms with Crippen LogP contribution in [0.15, 0.2) is 0 Å². The number of hydrogen-bond donors (Lipinski definition) is 2. The fraction of sp³-hybridized carbons (Fsp3) is 0.923. The van der Waals surface area contributed by atoms with Crippen molar-refractivity contribution < 1.29 is 4.79 Å². The molecule has 100 valence electrons. The molecule has 1 fully saturated rings. The average Bonchev–Trinajstić information content (AvgIpc) is 2.34. The van der Waals surface area contributed by atoms with Crippen LogP contribution < -0.4 is 10.6 Å². The van der Waals surface area contributed by atoms with Gasteiger partial charge in [-0.1, -0.05) is 20.3 Å². The maximum Gasteiger partial charge on any atom is 0.233 e. The number of nitrogens with one attached hydrogen (secondary N) is 2. The molecule has 1 aliphatic carbocycles. The molecule has 2 atom stereocenters. The summed E-state index contributed by atoms with van der Waals surface area (Å²) in [6.45, 7) is 5.47. The molecule has 0 spiro atoms. The van der Waals surface area contributed by atoms with Gasteiger partial charge in [0.25, 0.3) is 0 Å². The first-order valence-electron chi connectivity index (χ1n) is 6.64. The summed E-state index contributed by atoms with van der Waals surface area (Å²) in [7, 11) is 0. The summed E-state index contributed by atoms with van der Waals surface area (Å²) in [5.41, 5.74) is 0. The Morgan fingerprint density at radius 2 is 2.18 bits per heavy atom. The molecule has 0 radical (unpaired) electrons. The van der Waals surface area contributed by atoms with Crippen LogP contribution in [0.1, 0.15) is 39.5 Å². The Morgan fingerprint density at radius 3 is 2.82 bits per heavy atom. The second kappa shape index (κ2) is 7.98.